The predicted molar refractivity (Wildman–Crippen MR) is 94.2 cm³/mol. The van der Waals surface area contributed by atoms with Gasteiger partial charge in [-0.2, -0.15) is 8.61 Å². The second kappa shape index (κ2) is 8.01. The lowest BCUT2D eigenvalue weighted by Gasteiger charge is -2.26. The molecular weight excluding hydrogens is 382 g/mol. The third-order valence-electron chi connectivity index (χ3n) is 3.93. The predicted octanol–water partition coefficient (Wildman–Crippen LogP) is -0.408. The van der Waals surface area contributed by atoms with Crippen molar-refractivity contribution in [1.29, 1.82) is 0 Å². The van der Waals surface area contributed by atoms with E-state index in [1.54, 1.807) is 13.8 Å². The Labute approximate surface area is 153 Å². The van der Waals surface area contributed by atoms with Crippen LogP contribution in [0.1, 0.15) is 13.8 Å². The number of nitrogens with two attached hydrogens (primary N) is 1. The Morgan fingerprint density at radius 1 is 1.12 bits per heavy atom. The van der Waals surface area contributed by atoms with Gasteiger partial charge in [0.1, 0.15) is 0 Å². The number of benzene rings is 1. The average Bonchev–Trinajstić information content (AvgIpc) is 2.60. The van der Waals surface area contributed by atoms with E-state index in [1.807, 2.05) is 0 Å². The molecule has 0 aromatic heterocycles. The van der Waals surface area contributed by atoms with Crippen molar-refractivity contribution in [2.75, 3.05) is 32.8 Å². The van der Waals surface area contributed by atoms with E-state index in [0.29, 0.717) is 13.2 Å². The zero-order valence-electron chi connectivity index (χ0n) is 14.7. The summed E-state index contributed by atoms with van der Waals surface area (Å²) in [6.07, 6.45) is 0. The fourth-order valence-corrected chi connectivity index (χ4v) is 5.56. The molecule has 0 bridgehead atoms. The Balaban J connectivity index is 2.31. The first-order valence-electron chi connectivity index (χ1n) is 8.05. The molecule has 1 amide bonds. The van der Waals surface area contributed by atoms with Crippen LogP contribution in [0.4, 0.5) is 0 Å². The van der Waals surface area contributed by atoms with Gasteiger partial charge >= 0.3 is 0 Å². The van der Waals surface area contributed by atoms with Crippen LogP contribution in [0.25, 0.3) is 0 Å². The molecule has 1 aromatic carbocycles. The van der Waals surface area contributed by atoms with E-state index < -0.39 is 38.5 Å². The molecule has 26 heavy (non-hydrogen) atoms. The highest BCUT2D eigenvalue weighted by Gasteiger charge is 2.30. The maximum Gasteiger partial charge on any atom is 0.243 e. The molecule has 11 heteroatoms. The van der Waals surface area contributed by atoms with Crippen LogP contribution in [0.3, 0.4) is 0 Å². The highest BCUT2D eigenvalue weighted by atomic mass is 32.2. The SMILES string of the molecule is CC(C)N(CC(N)=O)S(=O)(=O)c1ccc(S(=O)(=O)N2CCOCC2)cc1. The summed E-state index contributed by atoms with van der Waals surface area (Å²) in [4.78, 5) is 11.1. The number of primary amides is 1. The van der Waals surface area contributed by atoms with Crippen LogP contribution >= 0.6 is 0 Å². The van der Waals surface area contributed by atoms with Crippen LogP contribution < -0.4 is 5.73 Å². The Hall–Kier alpha value is -1.53. The molecule has 2 N–H and O–H groups in total. The minimum atomic E-state index is -3.98. The lowest BCUT2D eigenvalue weighted by Crippen LogP contribution is -2.42. The first-order valence-corrected chi connectivity index (χ1v) is 10.9. The minimum Gasteiger partial charge on any atom is -0.379 e. The molecular formula is C15H23N3O6S2. The fourth-order valence-electron chi connectivity index (χ4n) is 2.55. The van der Waals surface area contributed by atoms with Crippen molar-refractivity contribution in [1.82, 2.24) is 8.61 Å². The van der Waals surface area contributed by atoms with Crippen LogP contribution in [0, 0.1) is 0 Å². The first-order chi connectivity index (χ1) is 12.1. The molecule has 9 nitrogen and oxygen atoms in total. The summed E-state index contributed by atoms with van der Waals surface area (Å²) in [5.41, 5.74) is 5.13. The van der Waals surface area contributed by atoms with Crippen LogP contribution in [0.5, 0.6) is 0 Å². The largest absolute Gasteiger partial charge is 0.379 e. The average molecular weight is 405 g/mol. The zero-order chi connectivity index (χ0) is 19.5. The number of rotatable bonds is 7. The summed E-state index contributed by atoms with van der Waals surface area (Å²) in [7, 11) is -7.69. The number of sulfonamides is 2. The van der Waals surface area contributed by atoms with Crippen molar-refractivity contribution in [2.24, 2.45) is 5.73 Å². The molecule has 0 radical (unpaired) electrons. The van der Waals surface area contributed by atoms with Crippen molar-refractivity contribution in [3.8, 4) is 0 Å². The van der Waals surface area contributed by atoms with Crippen molar-refractivity contribution >= 4 is 26.0 Å². The van der Waals surface area contributed by atoms with Crippen LogP contribution in [-0.4, -0.2) is 70.2 Å². The molecule has 146 valence electrons. The normalized spacial score (nSPS) is 16.9. The second-order valence-corrected chi connectivity index (χ2v) is 9.93. The van der Waals surface area contributed by atoms with E-state index >= 15 is 0 Å². The number of carbonyl (C=O) groups excluding carboxylic acids is 1. The van der Waals surface area contributed by atoms with Gasteiger partial charge in [0.05, 0.1) is 29.5 Å². The fraction of sp³-hybridized carbons (Fsp3) is 0.533. The molecule has 0 spiro atoms. The van der Waals surface area contributed by atoms with Gasteiger partial charge in [-0.25, -0.2) is 16.8 Å². The molecule has 1 saturated heterocycles. The zero-order valence-corrected chi connectivity index (χ0v) is 16.3. The summed E-state index contributed by atoms with van der Waals surface area (Å²) in [5, 5.41) is 0. The number of ether oxygens (including phenoxy) is 1. The van der Waals surface area contributed by atoms with Crippen LogP contribution in [0.15, 0.2) is 34.1 Å². The minimum absolute atomic E-state index is 0.00403. The van der Waals surface area contributed by atoms with Gasteiger partial charge in [-0.1, -0.05) is 0 Å². The van der Waals surface area contributed by atoms with E-state index in [9.17, 15) is 21.6 Å². The number of nitrogens with zero attached hydrogens (tertiary/aromatic N) is 2. The standard InChI is InChI=1S/C15H23N3O6S2/c1-12(2)18(11-15(16)19)26(22,23)14-5-3-13(4-6-14)25(20,21)17-7-9-24-10-8-17/h3-6,12H,7-11H2,1-2H3,(H2,16,19). The number of hydrogen-bond acceptors (Lipinski definition) is 6. The Bertz CT molecular complexity index is 844. The Morgan fingerprint density at radius 3 is 2.08 bits per heavy atom. The van der Waals surface area contributed by atoms with Gasteiger partial charge < -0.3 is 10.5 Å². The number of amides is 1. The second-order valence-electron chi connectivity index (χ2n) is 6.10. The van der Waals surface area contributed by atoms with Gasteiger partial charge in [0.25, 0.3) is 0 Å². The Morgan fingerprint density at radius 2 is 1.62 bits per heavy atom. The van der Waals surface area contributed by atoms with Gasteiger partial charge in [-0.15, -0.1) is 0 Å². The topological polar surface area (TPSA) is 127 Å². The van der Waals surface area contributed by atoms with Crippen LogP contribution in [0.2, 0.25) is 0 Å². The molecule has 1 heterocycles. The lowest BCUT2D eigenvalue weighted by atomic mass is 10.4. The maximum atomic E-state index is 12.7. The van der Waals surface area contributed by atoms with Crippen molar-refractivity contribution in [2.45, 2.75) is 29.7 Å². The van der Waals surface area contributed by atoms with E-state index in [-0.39, 0.29) is 22.9 Å². The van der Waals surface area contributed by atoms with Crippen molar-refractivity contribution in [3.05, 3.63) is 24.3 Å². The summed E-state index contributed by atoms with van der Waals surface area (Å²) < 4.78 is 58.0. The van der Waals surface area contributed by atoms with Gasteiger partial charge in [-0.05, 0) is 38.1 Å². The molecule has 0 saturated carbocycles. The van der Waals surface area contributed by atoms with Gasteiger partial charge in [0.2, 0.25) is 26.0 Å². The molecule has 1 aromatic rings. The highest BCUT2D eigenvalue weighted by molar-refractivity contribution is 7.89. The quantitative estimate of drug-likeness (QED) is 0.657. The lowest BCUT2D eigenvalue weighted by molar-refractivity contribution is -0.118. The summed E-state index contributed by atoms with van der Waals surface area (Å²) in [6, 6.07) is 4.46. The molecule has 1 aliphatic heterocycles. The number of hydrogen-bond donors (Lipinski definition) is 1. The molecule has 0 aliphatic carbocycles. The smallest absolute Gasteiger partial charge is 0.243 e. The van der Waals surface area contributed by atoms with Gasteiger partial charge in [-0.3, -0.25) is 4.79 Å². The van der Waals surface area contributed by atoms with Crippen LogP contribution in [-0.2, 0) is 29.6 Å². The molecule has 0 unspecified atom stereocenters. The molecule has 1 aliphatic rings. The number of carbonyl (C=O) groups is 1. The van der Waals surface area contributed by atoms with Crippen molar-refractivity contribution in [3.63, 3.8) is 0 Å². The highest BCUT2D eigenvalue weighted by Crippen LogP contribution is 2.22. The maximum absolute atomic E-state index is 12.7. The summed E-state index contributed by atoms with van der Waals surface area (Å²) in [6.45, 7) is 3.94. The summed E-state index contributed by atoms with van der Waals surface area (Å²) in [5.74, 6) is -0.770. The van der Waals surface area contributed by atoms with Gasteiger partial charge in [0, 0.05) is 19.1 Å². The molecule has 1 fully saturated rings. The summed E-state index contributed by atoms with van der Waals surface area (Å²) >= 11 is 0. The number of morpholine rings is 1. The third-order valence-corrected chi connectivity index (χ3v) is 7.87. The third kappa shape index (κ3) is 4.41. The molecule has 0 atom stereocenters. The van der Waals surface area contributed by atoms with E-state index in [2.05, 4.69) is 0 Å². The molecule has 2 rings (SSSR count). The Kier molecular flexibility index (Phi) is 6.40. The first kappa shape index (κ1) is 20.8. The van der Waals surface area contributed by atoms with Gasteiger partial charge in [0.15, 0.2) is 0 Å². The van der Waals surface area contributed by atoms with E-state index in [0.717, 1.165) is 4.31 Å². The monoisotopic (exact) mass is 405 g/mol. The van der Waals surface area contributed by atoms with E-state index in [4.69, 9.17) is 10.5 Å². The van der Waals surface area contributed by atoms with Crippen molar-refractivity contribution < 1.29 is 26.4 Å². The van der Waals surface area contributed by atoms with E-state index in [1.165, 1.54) is 28.6 Å².